The quantitative estimate of drug-likeness (QED) is 0.534. The third-order valence-corrected chi connectivity index (χ3v) is 4.38. The highest BCUT2D eigenvalue weighted by atomic mass is 16.5. The van der Waals surface area contributed by atoms with Crippen LogP contribution in [0.1, 0.15) is 30.6 Å². The average molecular weight is 373 g/mol. The molecule has 0 radical (unpaired) electrons. The molecule has 0 heterocycles. The van der Waals surface area contributed by atoms with Gasteiger partial charge in [-0.2, -0.15) is 0 Å². The summed E-state index contributed by atoms with van der Waals surface area (Å²) in [5, 5.41) is 23.9. The van der Waals surface area contributed by atoms with E-state index in [1.807, 2.05) is 49.4 Å². The van der Waals surface area contributed by atoms with Gasteiger partial charge in [-0.1, -0.05) is 48.5 Å². The lowest BCUT2D eigenvalue weighted by atomic mass is 10.0. The summed E-state index contributed by atoms with van der Waals surface area (Å²) in [6.07, 6.45) is 0.153. The van der Waals surface area contributed by atoms with Crippen LogP contribution in [0.5, 0.6) is 5.75 Å². The lowest BCUT2D eigenvalue weighted by Gasteiger charge is -2.19. The predicted octanol–water partition coefficient (Wildman–Crippen LogP) is 2.72. The normalized spacial score (nSPS) is 14.5. The molecule has 0 saturated carbocycles. The van der Waals surface area contributed by atoms with Crippen LogP contribution >= 0.6 is 0 Å². The minimum absolute atomic E-state index is 0.162. The molecule has 0 spiro atoms. The highest BCUT2D eigenvalue weighted by Crippen LogP contribution is 2.28. The highest BCUT2D eigenvalue weighted by Gasteiger charge is 2.15. The second-order valence-electron chi connectivity index (χ2n) is 6.81. The Hall–Kier alpha value is -1.92. The van der Waals surface area contributed by atoms with Crippen molar-refractivity contribution in [1.82, 2.24) is 5.32 Å². The number of rotatable bonds is 12. The van der Waals surface area contributed by atoms with Crippen molar-refractivity contribution in [3.63, 3.8) is 0 Å². The van der Waals surface area contributed by atoms with E-state index in [-0.39, 0.29) is 12.6 Å². The molecule has 3 atom stereocenters. The molecule has 0 fully saturated rings. The third kappa shape index (κ3) is 7.69. The van der Waals surface area contributed by atoms with E-state index in [0.29, 0.717) is 25.3 Å². The van der Waals surface area contributed by atoms with Gasteiger partial charge < -0.3 is 25.0 Å². The minimum atomic E-state index is -0.640. The Morgan fingerprint density at radius 3 is 2.41 bits per heavy atom. The van der Waals surface area contributed by atoms with Crippen LogP contribution in [0.4, 0.5) is 0 Å². The molecule has 0 aliphatic carbocycles. The Bertz CT molecular complexity index is 650. The molecular weight excluding hydrogens is 342 g/mol. The molecule has 3 N–H and O–H groups in total. The smallest absolute Gasteiger partial charge is 0.125 e. The summed E-state index contributed by atoms with van der Waals surface area (Å²) in [4.78, 5) is 0. The fraction of sp³-hybridized carbons (Fsp3) is 0.455. The van der Waals surface area contributed by atoms with Gasteiger partial charge in [0.1, 0.15) is 18.5 Å². The zero-order valence-electron chi connectivity index (χ0n) is 16.2. The number of hydrogen-bond acceptors (Lipinski definition) is 5. The van der Waals surface area contributed by atoms with Crippen molar-refractivity contribution in [3.8, 4) is 5.75 Å². The lowest BCUT2D eigenvalue weighted by Crippen LogP contribution is -2.38. The first-order chi connectivity index (χ1) is 13.1. The van der Waals surface area contributed by atoms with Gasteiger partial charge in [-0.25, -0.2) is 0 Å². The van der Waals surface area contributed by atoms with E-state index < -0.39 is 12.2 Å². The molecule has 5 nitrogen and oxygen atoms in total. The molecule has 2 rings (SSSR count). The summed E-state index contributed by atoms with van der Waals surface area (Å²) in [7, 11) is 1.65. The summed E-state index contributed by atoms with van der Waals surface area (Å²) in [6, 6.07) is 17.7. The first kappa shape index (κ1) is 21.4. The maximum absolute atomic E-state index is 10.6. The highest BCUT2D eigenvalue weighted by molar-refractivity contribution is 5.35. The first-order valence-corrected chi connectivity index (χ1v) is 9.44. The monoisotopic (exact) mass is 373 g/mol. The molecule has 3 unspecified atom stereocenters. The molecule has 0 aromatic heterocycles. The maximum Gasteiger partial charge on any atom is 0.125 e. The maximum atomic E-state index is 10.6. The second-order valence-corrected chi connectivity index (χ2v) is 6.81. The molecule has 2 aromatic carbocycles. The van der Waals surface area contributed by atoms with E-state index in [0.717, 1.165) is 12.0 Å². The van der Waals surface area contributed by atoms with Crippen LogP contribution in [0.15, 0.2) is 54.6 Å². The number of ether oxygens (including phenoxy) is 2. The van der Waals surface area contributed by atoms with Crippen LogP contribution in [-0.4, -0.2) is 49.2 Å². The number of nitrogens with one attached hydrogen (secondary N) is 1. The van der Waals surface area contributed by atoms with E-state index in [2.05, 4.69) is 17.4 Å². The third-order valence-electron chi connectivity index (χ3n) is 4.38. The Morgan fingerprint density at radius 1 is 0.963 bits per heavy atom. The van der Waals surface area contributed by atoms with E-state index in [4.69, 9.17) is 9.47 Å². The molecule has 27 heavy (non-hydrogen) atoms. The largest absolute Gasteiger partial charge is 0.490 e. The van der Waals surface area contributed by atoms with E-state index in [9.17, 15) is 10.2 Å². The number of benzene rings is 2. The number of aliphatic hydroxyl groups is 2. The summed E-state index contributed by atoms with van der Waals surface area (Å²) in [5.41, 5.74) is 1.95. The SMILES string of the molecule is COCC(C)NCC(O)COc1ccccc1C(O)CCc1ccccc1. The van der Waals surface area contributed by atoms with Crippen LogP contribution < -0.4 is 10.1 Å². The minimum Gasteiger partial charge on any atom is -0.490 e. The zero-order valence-corrected chi connectivity index (χ0v) is 16.2. The van der Waals surface area contributed by atoms with Gasteiger partial charge in [0.05, 0.1) is 12.7 Å². The number of aliphatic hydroxyl groups excluding tert-OH is 2. The fourth-order valence-corrected chi connectivity index (χ4v) is 2.88. The molecule has 0 bridgehead atoms. The van der Waals surface area contributed by atoms with Gasteiger partial charge in [-0.15, -0.1) is 0 Å². The number of aryl methyl sites for hydroxylation is 1. The molecule has 148 valence electrons. The van der Waals surface area contributed by atoms with Gasteiger partial charge in [0.2, 0.25) is 0 Å². The summed E-state index contributed by atoms with van der Waals surface area (Å²) in [5.74, 6) is 0.613. The molecule has 0 aliphatic rings. The molecule has 0 aliphatic heterocycles. The first-order valence-electron chi connectivity index (χ1n) is 9.44. The van der Waals surface area contributed by atoms with Gasteiger partial charge in [-0.05, 0) is 31.4 Å². The van der Waals surface area contributed by atoms with Crippen molar-refractivity contribution in [2.45, 2.75) is 38.0 Å². The van der Waals surface area contributed by atoms with Crippen LogP contribution in [0.2, 0.25) is 0 Å². The second kappa shape index (κ2) is 11.7. The average Bonchev–Trinajstić information content (AvgIpc) is 2.70. The summed E-state index contributed by atoms with van der Waals surface area (Å²) < 4.78 is 10.8. The Morgan fingerprint density at radius 2 is 1.67 bits per heavy atom. The van der Waals surface area contributed by atoms with Crippen LogP contribution in [-0.2, 0) is 11.2 Å². The zero-order chi connectivity index (χ0) is 19.5. The van der Waals surface area contributed by atoms with Gasteiger partial charge in [0.15, 0.2) is 0 Å². The van der Waals surface area contributed by atoms with E-state index in [1.165, 1.54) is 5.56 Å². The number of para-hydroxylation sites is 1. The van der Waals surface area contributed by atoms with E-state index in [1.54, 1.807) is 7.11 Å². The standard InChI is InChI=1S/C22H31NO4/c1-17(15-26-2)23-14-19(24)16-27-22-11-7-6-10-20(22)21(25)13-12-18-8-4-3-5-9-18/h3-11,17,19,21,23-25H,12-16H2,1-2H3. The van der Waals surface area contributed by atoms with Gasteiger partial charge in [0.25, 0.3) is 0 Å². The lowest BCUT2D eigenvalue weighted by molar-refractivity contribution is 0.0938. The molecular formula is C22H31NO4. The number of methoxy groups -OCH3 is 1. The molecule has 2 aromatic rings. The van der Waals surface area contributed by atoms with E-state index >= 15 is 0 Å². The van der Waals surface area contributed by atoms with Gasteiger partial charge >= 0.3 is 0 Å². The molecule has 0 amide bonds. The summed E-state index contributed by atoms with van der Waals surface area (Å²) in [6.45, 7) is 3.16. The topological polar surface area (TPSA) is 71.0 Å². The van der Waals surface area contributed by atoms with Gasteiger partial charge in [-0.3, -0.25) is 0 Å². The van der Waals surface area contributed by atoms with Crippen molar-refractivity contribution in [3.05, 3.63) is 65.7 Å². The van der Waals surface area contributed by atoms with Gasteiger partial charge in [0, 0.05) is 25.3 Å². The van der Waals surface area contributed by atoms with Crippen molar-refractivity contribution in [2.24, 2.45) is 0 Å². The predicted molar refractivity (Wildman–Crippen MR) is 107 cm³/mol. The van der Waals surface area contributed by atoms with Crippen molar-refractivity contribution in [2.75, 3.05) is 26.9 Å². The fourth-order valence-electron chi connectivity index (χ4n) is 2.88. The summed E-state index contributed by atoms with van der Waals surface area (Å²) >= 11 is 0. The molecule has 0 saturated heterocycles. The van der Waals surface area contributed by atoms with Crippen molar-refractivity contribution < 1.29 is 19.7 Å². The van der Waals surface area contributed by atoms with Crippen LogP contribution in [0.3, 0.4) is 0 Å². The van der Waals surface area contributed by atoms with Crippen molar-refractivity contribution >= 4 is 0 Å². The van der Waals surface area contributed by atoms with Crippen LogP contribution in [0, 0.1) is 0 Å². The Balaban J connectivity index is 1.85. The Kier molecular flexibility index (Phi) is 9.28. The van der Waals surface area contributed by atoms with Crippen molar-refractivity contribution in [1.29, 1.82) is 0 Å². The Labute approximate surface area is 162 Å². The number of hydrogen-bond donors (Lipinski definition) is 3. The molecule has 5 heteroatoms. The van der Waals surface area contributed by atoms with Crippen LogP contribution in [0.25, 0.3) is 0 Å².